The first-order valence-electron chi connectivity index (χ1n) is 34.6. The van der Waals surface area contributed by atoms with Crippen molar-refractivity contribution in [3.63, 3.8) is 0 Å². The molecule has 0 saturated heterocycles. The molecule has 0 unspecified atom stereocenters. The van der Waals surface area contributed by atoms with Crippen LogP contribution in [0.1, 0.15) is 164 Å². The van der Waals surface area contributed by atoms with Crippen molar-refractivity contribution in [2.45, 2.75) is 156 Å². The third-order valence-electron chi connectivity index (χ3n) is 22.2. The summed E-state index contributed by atoms with van der Waals surface area (Å²) >= 11 is 0. The van der Waals surface area contributed by atoms with Crippen LogP contribution in [0.25, 0.3) is 87.3 Å². The van der Waals surface area contributed by atoms with E-state index in [1.54, 1.807) is 0 Å². The van der Waals surface area contributed by atoms with Crippen molar-refractivity contribution in [2.75, 3.05) is 9.80 Å². The Balaban J connectivity index is 0.987. The van der Waals surface area contributed by atoms with E-state index in [9.17, 15) is 0 Å². The van der Waals surface area contributed by atoms with Crippen LogP contribution in [0.5, 0.6) is 0 Å². The molecule has 0 atom stereocenters. The summed E-state index contributed by atoms with van der Waals surface area (Å²) < 4.78 is 5.13. The predicted octanol–water partition coefficient (Wildman–Crippen LogP) is 25.1. The maximum Gasteiger partial charge on any atom is 0.0562 e. The summed E-state index contributed by atoms with van der Waals surface area (Å²) in [6, 6.07) is 80.8. The van der Waals surface area contributed by atoms with Gasteiger partial charge in [-0.05, 0) is 232 Å². The largest absolute Gasteiger partial charge is 0.310 e. The molecule has 14 aromatic rings. The smallest absolute Gasteiger partial charge is 0.0562 e. The quantitative estimate of drug-likeness (QED) is 0.101. The van der Waals surface area contributed by atoms with Gasteiger partial charge in [0.2, 0.25) is 0 Å². The highest BCUT2D eigenvalue weighted by atomic mass is 15.2. The summed E-state index contributed by atoms with van der Waals surface area (Å²) in [4.78, 5) is 5.40. The van der Waals surface area contributed by atoms with Gasteiger partial charge >= 0.3 is 0 Å². The fourth-order valence-electron chi connectivity index (χ4n) is 16.7. The first-order valence-corrected chi connectivity index (χ1v) is 34.6. The van der Waals surface area contributed by atoms with Gasteiger partial charge in [0, 0.05) is 66.4 Å². The van der Waals surface area contributed by atoms with Crippen LogP contribution in [0.4, 0.5) is 34.1 Å². The number of fused-ring (bicyclic) bond motifs is 8. The number of hydrogen-bond donors (Lipinski definition) is 0. The summed E-state index contributed by atoms with van der Waals surface area (Å²) in [7, 11) is 0. The van der Waals surface area contributed by atoms with E-state index in [1.165, 1.54) is 192 Å². The number of hydrogen-bond acceptors (Lipinski definition) is 2. The standard InChI is InChI=1S/C88H86N4/c1-11-87(7,8)73-35-19-23-39-80(73)91-78-38-22-18-34-64(78)72-51-59(44-50-79(72)91)89(75-41-25-29-57-27-13-15-31-61(57)75)83-53-70(55(3)4)66-47-49-69-84(54-71(56(5)6)67-46-48-68(83)85(66)86(67)69)90(76-42-26-30-58-28-14-16-32-62(58)76)60-43-45-65-63-33-17-21-37-77(63)92(82(65)52-60)81-40-24-20-36-74(81)88(9,10)12-2/h17-26,29-30,33-56H,11-16,27-28,31-32H2,1-10H3. The molecule has 2 aliphatic rings. The van der Waals surface area contributed by atoms with E-state index in [1.807, 2.05) is 0 Å². The molecule has 0 spiro atoms. The van der Waals surface area contributed by atoms with E-state index in [2.05, 4.69) is 294 Å². The lowest BCUT2D eigenvalue weighted by molar-refractivity contribution is 0.504. The van der Waals surface area contributed by atoms with Crippen molar-refractivity contribution in [1.29, 1.82) is 0 Å². The van der Waals surface area contributed by atoms with Crippen LogP contribution in [0, 0.1) is 0 Å². The number of para-hydroxylation sites is 4. The molecule has 4 heteroatoms. The van der Waals surface area contributed by atoms with Crippen LogP contribution in [0.3, 0.4) is 0 Å². The highest BCUT2D eigenvalue weighted by Gasteiger charge is 2.32. The fraction of sp³-hybridized carbons (Fsp3) is 0.273. The molecule has 0 bridgehead atoms. The number of rotatable bonds is 14. The van der Waals surface area contributed by atoms with Crippen LogP contribution in [0.15, 0.2) is 206 Å². The summed E-state index contributed by atoms with van der Waals surface area (Å²) in [5.74, 6) is 0.499. The van der Waals surface area contributed by atoms with Crippen molar-refractivity contribution >= 4 is 110 Å². The Hall–Kier alpha value is -9.12. The van der Waals surface area contributed by atoms with Gasteiger partial charge in [-0.3, -0.25) is 0 Å². The third kappa shape index (κ3) is 9.04. The van der Waals surface area contributed by atoms with Gasteiger partial charge in [-0.2, -0.15) is 0 Å². The zero-order valence-electron chi connectivity index (χ0n) is 55.6. The minimum Gasteiger partial charge on any atom is -0.310 e. The Labute approximate surface area is 544 Å². The Morgan fingerprint density at radius 3 is 1.26 bits per heavy atom. The number of benzene rings is 12. The van der Waals surface area contributed by atoms with Crippen molar-refractivity contribution in [3.8, 4) is 11.4 Å². The van der Waals surface area contributed by atoms with Crippen LogP contribution < -0.4 is 9.80 Å². The lowest BCUT2D eigenvalue weighted by atomic mass is 9.81. The first kappa shape index (κ1) is 58.0. The molecule has 92 heavy (non-hydrogen) atoms. The first-order chi connectivity index (χ1) is 44.7. The maximum atomic E-state index is 2.70. The number of anilines is 6. The number of nitrogens with zero attached hydrogens (tertiary/aromatic N) is 4. The Bertz CT molecular complexity index is 5230. The van der Waals surface area contributed by atoms with Crippen molar-refractivity contribution in [3.05, 3.63) is 251 Å². The maximum absolute atomic E-state index is 2.70. The van der Waals surface area contributed by atoms with E-state index in [0.29, 0.717) is 0 Å². The predicted molar refractivity (Wildman–Crippen MR) is 396 cm³/mol. The summed E-state index contributed by atoms with van der Waals surface area (Å²) in [5, 5.41) is 13.0. The van der Waals surface area contributed by atoms with Crippen LogP contribution >= 0.6 is 0 Å². The second kappa shape index (κ2) is 22.3. The van der Waals surface area contributed by atoms with Crippen molar-refractivity contribution < 1.29 is 0 Å². The SMILES string of the molecule is CCC(C)(C)c1ccccc1-n1c2ccccc2c2cc(N(c3cccc4c3CCCC4)c3cc(C(C)C)c4ccc5c(N(c6ccc7c8ccccc8n(-c8ccccc8C(C)(C)CC)c7c6)c6cccc7c6CCCC7)cc(C(C)C)c6ccc3c4c65)ccc21. The third-order valence-corrected chi connectivity index (χ3v) is 22.2. The van der Waals surface area contributed by atoms with Crippen LogP contribution in [-0.4, -0.2) is 9.13 Å². The van der Waals surface area contributed by atoms with Gasteiger partial charge in [-0.25, -0.2) is 0 Å². The molecule has 2 heterocycles. The van der Waals surface area contributed by atoms with E-state index < -0.39 is 0 Å². The average molecular weight is 1200 g/mol. The van der Waals surface area contributed by atoms with Crippen molar-refractivity contribution in [2.24, 2.45) is 0 Å². The van der Waals surface area contributed by atoms with Crippen LogP contribution in [-0.2, 0) is 36.5 Å². The minimum absolute atomic E-state index is 0.00768. The second-order valence-electron chi connectivity index (χ2n) is 28.9. The van der Waals surface area contributed by atoms with E-state index in [-0.39, 0.29) is 22.7 Å². The van der Waals surface area contributed by atoms with Gasteiger partial charge in [0.1, 0.15) is 0 Å². The molecule has 0 saturated carbocycles. The normalized spacial score (nSPS) is 13.9. The van der Waals surface area contributed by atoms with Gasteiger partial charge < -0.3 is 18.9 Å². The highest BCUT2D eigenvalue weighted by molar-refractivity contribution is 6.30. The number of aromatic nitrogens is 2. The van der Waals surface area contributed by atoms with Gasteiger partial charge in [0.15, 0.2) is 0 Å². The summed E-state index contributed by atoms with van der Waals surface area (Å²) in [5.41, 5.74) is 26.2. The molecular formula is C88H86N4. The zero-order valence-corrected chi connectivity index (χ0v) is 55.6. The van der Waals surface area contributed by atoms with Gasteiger partial charge in [0.05, 0.1) is 33.4 Å². The molecule has 458 valence electrons. The lowest BCUT2D eigenvalue weighted by Gasteiger charge is -2.34. The summed E-state index contributed by atoms with van der Waals surface area (Å²) in [6.07, 6.45) is 11.2. The molecule has 0 radical (unpaired) electrons. The Morgan fingerprint density at radius 1 is 0.348 bits per heavy atom. The average Bonchev–Trinajstić information content (AvgIpc) is 0.741. The molecule has 2 aliphatic carbocycles. The highest BCUT2D eigenvalue weighted by Crippen LogP contribution is 2.54. The molecule has 0 amide bonds. The van der Waals surface area contributed by atoms with Gasteiger partial charge in [0.25, 0.3) is 0 Å². The topological polar surface area (TPSA) is 16.3 Å². The molecule has 4 nitrogen and oxygen atoms in total. The van der Waals surface area contributed by atoms with Gasteiger partial charge in [-0.15, -0.1) is 0 Å². The van der Waals surface area contributed by atoms with Crippen LogP contribution in [0.2, 0.25) is 0 Å². The van der Waals surface area contributed by atoms with E-state index in [4.69, 9.17) is 0 Å². The molecular weight excluding hydrogens is 1110 g/mol. The Morgan fingerprint density at radius 2 is 0.750 bits per heavy atom. The van der Waals surface area contributed by atoms with E-state index in [0.717, 1.165) is 38.5 Å². The van der Waals surface area contributed by atoms with Crippen molar-refractivity contribution in [1.82, 2.24) is 9.13 Å². The molecule has 2 aromatic heterocycles. The Kier molecular flexibility index (Phi) is 14.1. The van der Waals surface area contributed by atoms with Gasteiger partial charge in [-0.1, -0.05) is 197 Å². The molecule has 0 fully saturated rings. The fourth-order valence-corrected chi connectivity index (χ4v) is 16.7. The zero-order chi connectivity index (χ0) is 62.9. The lowest BCUT2D eigenvalue weighted by Crippen LogP contribution is -2.18. The monoisotopic (exact) mass is 1200 g/mol. The summed E-state index contributed by atoms with van der Waals surface area (Å²) in [6.45, 7) is 23.9. The molecule has 0 aliphatic heterocycles. The minimum atomic E-state index is -0.0307. The number of aryl methyl sites for hydroxylation is 2. The molecule has 12 aromatic carbocycles. The molecule has 0 N–H and O–H groups in total. The molecule has 16 rings (SSSR count). The second-order valence-corrected chi connectivity index (χ2v) is 28.9. The van der Waals surface area contributed by atoms with E-state index >= 15 is 0 Å².